The summed E-state index contributed by atoms with van der Waals surface area (Å²) < 4.78 is 38.6. The molecule has 14 nitrogen and oxygen atoms in total. The predicted octanol–water partition coefficient (Wildman–Crippen LogP) is 2.81. The van der Waals surface area contributed by atoms with Crippen molar-refractivity contribution < 1.29 is 38.1 Å². The van der Waals surface area contributed by atoms with E-state index in [9.17, 15) is 24.8 Å². The van der Waals surface area contributed by atoms with Crippen LogP contribution in [0, 0.1) is 11.3 Å². The Hall–Kier alpha value is -3.57. The lowest BCUT2D eigenvalue weighted by atomic mass is 9.96. The lowest BCUT2D eigenvalue weighted by Crippen LogP contribution is -2.46. The second kappa shape index (κ2) is 13.0. The number of benzene rings is 1. The van der Waals surface area contributed by atoms with Crippen molar-refractivity contribution in [2.45, 2.75) is 81.5 Å². The second-order valence-corrected chi connectivity index (χ2v) is 12.3. The summed E-state index contributed by atoms with van der Waals surface area (Å²) in [6.45, 7) is 0.927. The Morgan fingerprint density at radius 3 is 2.70 bits per heavy atom. The lowest BCUT2D eigenvalue weighted by molar-refractivity contribution is -0.152. The number of nitrogens with zero attached hydrogens (tertiary/aromatic N) is 4. The lowest BCUT2D eigenvalue weighted by Gasteiger charge is -2.29. The van der Waals surface area contributed by atoms with Gasteiger partial charge in [0.2, 0.25) is 5.60 Å². The fourth-order valence-electron chi connectivity index (χ4n) is 5.30. The second-order valence-electron chi connectivity index (χ2n) is 10.6. The molecule has 0 radical (unpaired) electrons. The number of nitriles is 1. The van der Waals surface area contributed by atoms with Crippen LogP contribution < -0.4 is 15.3 Å². The van der Waals surface area contributed by atoms with Gasteiger partial charge in [0.1, 0.15) is 60.7 Å². The number of nitrogens with two attached hydrogens (primary N) is 1. The molecule has 6 atom stereocenters. The number of carbonyl (C=O) groups is 1. The minimum absolute atomic E-state index is 0.169. The van der Waals surface area contributed by atoms with Crippen LogP contribution in [-0.2, 0) is 23.4 Å². The molecule has 1 aliphatic heterocycles. The maximum atomic E-state index is 14.2. The van der Waals surface area contributed by atoms with Gasteiger partial charge >= 0.3 is 13.7 Å². The number of aliphatic hydroxyl groups excluding tert-OH is 2. The monoisotopic (exact) mass is 614 g/mol. The van der Waals surface area contributed by atoms with Crippen LogP contribution >= 0.6 is 7.75 Å². The minimum Gasteiger partial charge on any atom is -0.461 e. The van der Waals surface area contributed by atoms with Gasteiger partial charge in [-0.1, -0.05) is 31.5 Å². The Balaban J connectivity index is 1.37. The molecule has 230 valence electrons. The maximum Gasteiger partial charge on any atom is 0.459 e. The molecule has 5 rings (SSSR count). The van der Waals surface area contributed by atoms with Crippen molar-refractivity contribution in [2.24, 2.45) is 0 Å². The number of hydrogen-bond donors (Lipinski definition) is 4. The van der Waals surface area contributed by atoms with Crippen LogP contribution in [0.2, 0.25) is 0 Å². The van der Waals surface area contributed by atoms with Crippen LogP contribution in [0.4, 0.5) is 5.82 Å². The highest BCUT2D eigenvalue weighted by molar-refractivity contribution is 7.52. The number of ether oxygens (including phenoxy) is 2. The van der Waals surface area contributed by atoms with Crippen molar-refractivity contribution in [1.82, 2.24) is 19.7 Å². The van der Waals surface area contributed by atoms with Gasteiger partial charge in [-0.2, -0.15) is 15.4 Å². The van der Waals surface area contributed by atoms with Gasteiger partial charge in [-0.25, -0.2) is 14.1 Å². The number of fused-ring (bicyclic) bond motifs is 1. The SMILES string of the molecule is CC[C@H](N[P@](=O)(OC[C@@]1(C#N)O[C@@H](c2ccc3c(N)ncnn23)[C@H](O)[C@@H]1O)Oc1ccccc1)C(=O)OC1CCCCC1. The molecule has 2 aliphatic rings. The summed E-state index contributed by atoms with van der Waals surface area (Å²) in [5, 5.41) is 38.9. The van der Waals surface area contributed by atoms with Crippen LogP contribution in [-0.4, -0.2) is 67.3 Å². The number of nitrogen functional groups attached to an aromatic ring is 1. The van der Waals surface area contributed by atoms with E-state index in [4.69, 9.17) is 24.3 Å². The van der Waals surface area contributed by atoms with E-state index in [1.54, 1.807) is 49.4 Å². The summed E-state index contributed by atoms with van der Waals surface area (Å²) in [6, 6.07) is 12.1. The van der Waals surface area contributed by atoms with Gasteiger partial charge in [-0.05, 0) is 56.4 Å². The van der Waals surface area contributed by atoms with Gasteiger partial charge in [0.05, 0.1) is 5.69 Å². The van der Waals surface area contributed by atoms with Crippen LogP contribution in [0.1, 0.15) is 57.2 Å². The highest BCUT2D eigenvalue weighted by atomic mass is 31.2. The number of rotatable bonds is 11. The zero-order valence-corrected chi connectivity index (χ0v) is 24.5. The third-order valence-electron chi connectivity index (χ3n) is 7.70. The first-order chi connectivity index (χ1) is 20.7. The fraction of sp³-hybridized carbons (Fsp3) is 0.500. The molecular weight excluding hydrogens is 579 g/mol. The van der Waals surface area contributed by atoms with Crippen LogP contribution in [0.5, 0.6) is 5.75 Å². The summed E-state index contributed by atoms with van der Waals surface area (Å²) in [7, 11) is -4.42. The van der Waals surface area contributed by atoms with E-state index in [1.165, 1.54) is 10.8 Å². The van der Waals surface area contributed by atoms with Crippen molar-refractivity contribution in [1.29, 1.82) is 5.26 Å². The number of carbonyl (C=O) groups excluding carboxylic acids is 1. The molecule has 3 heterocycles. The van der Waals surface area contributed by atoms with Gasteiger partial charge in [-0.15, -0.1) is 0 Å². The molecular formula is C28H35N6O8P. The van der Waals surface area contributed by atoms with E-state index in [0.29, 0.717) is 11.2 Å². The summed E-state index contributed by atoms with van der Waals surface area (Å²) in [4.78, 5) is 17.0. The highest BCUT2D eigenvalue weighted by Crippen LogP contribution is 2.48. The summed E-state index contributed by atoms with van der Waals surface area (Å²) >= 11 is 0. The van der Waals surface area contributed by atoms with Crippen molar-refractivity contribution in [2.75, 3.05) is 12.3 Å². The van der Waals surface area contributed by atoms with Crippen molar-refractivity contribution in [3.05, 3.63) is 54.5 Å². The Bertz CT molecular complexity index is 1510. The first-order valence-electron chi connectivity index (χ1n) is 14.2. The quantitative estimate of drug-likeness (QED) is 0.181. The van der Waals surface area contributed by atoms with Crippen LogP contribution in [0.15, 0.2) is 48.8 Å². The largest absolute Gasteiger partial charge is 0.461 e. The van der Waals surface area contributed by atoms with Crippen molar-refractivity contribution >= 4 is 25.1 Å². The van der Waals surface area contributed by atoms with Crippen LogP contribution in [0.3, 0.4) is 0 Å². The molecule has 43 heavy (non-hydrogen) atoms. The number of para-hydroxylation sites is 1. The van der Waals surface area contributed by atoms with Gasteiger partial charge in [0.25, 0.3) is 0 Å². The number of esters is 1. The zero-order chi connectivity index (χ0) is 30.6. The highest BCUT2D eigenvalue weighted by Gasteiger charge is 2.57. The van der Waals surface area contributed by atoms with Gasteiger partial charge in [0.15, 0.2) is 5.82 Å². The average molecular weight is 615 g/mol. The summed E-state index contributed by atoms with van der Waals surface area (Å²) in [5.74, 6) is -0.247. The molecule has 0 amide bonds. The van der Waals surface area contributed by atoms with E-state index in [0.717, 1.165) is 32.1 Å². The molecule has 1 aliphatic carbocycles. The van der Waals surface area contributed by atoms with Gasteiger partial charge in [-0.3, -0.25) is 9.32 Å². The normalized spacial score (nSPS) is 26.4. The van der Waals surface area contributed by atoms with Crippen molar-refractivity contribution in [3.8, 4) is 11.8 Å². The number of anilines is 1. The number of aliphatic hydroxyl groups is 2. The van der Waals surface area contributed by atoms with E-state index >= 15 is 0 Å². The molecule has 2 aromatic heterocycles. The van der Waals surface area contributed by atoms with E-state index in [2.05, 4.69) is 15.2 Å². The van der Waals surface area contributed by atoms with Gasteiger partial charge < -0.3 is 29.9 Å². The number of aromatic nitrogens is 3. The summed E-state index contributed by atoms with van der Waals surface area (Å²) in [5.41, 5.74) is 4.47. The third kappa shape index (κ3) is 6.52. The molecule has 1 saturated heterocycles. The van der Waals surface area contributed by atoms with E-state index in [1.807, 2.05) is 6.07 Å². The smallest absolute Gasteiger partial charge is 0.459 e. The minimum atomic E-state index is -4.42. The predicted molar refractivity (Wildman–Crippen MR) is 152 cm³/mol. The standard InChI is InChI=1S/C28H35N6O8P/c1-2-20(27(37)40-18-9-5-3-6-10-18)33-43(38,42-19-11-7-4-8-12-19)39-16-28(15-29)25(36)23(35)24(41-28)21-13-14-22-26(30)31-17-32-34(21)22/h4,7-8,11-14,17-18,20,23-25,35-36H,2-3,5-6,9-10,16H2,1H3,(H,33,38)(H2,30,31,32)/t20-,23-,24-,25-,28+,43-/m0/s1. The summed E-state index contributed by atoms with van der Waals surface area (Å²) in [6.07, 6.45) is 1.13. The first-order valence-corrected chi connectivity index (χ1v) is 15.7. The Morgan fingerprint density at radius 1 is 1.26 bits per heavy atom. The topological polar surface area (TPSA) is 204 Å². The average Bonchev–Trinajstić information content (AvgIpc) is 3.56. The molecule has 0 unspecified atom stereocenters. The van der Waals surface area contributed by atoms with Crippen molar-refractivity contribution in [3.63, 3.8) is 0 Å². The molecule has 0 bridgehead atoms. The molecule has 2 fully saturated rings. The molecule has 0 spiro atoms. The molecule has 15 heteroatoms. The Morgan fingerprint density at radius 2 is 2.00 bits per heavy atom. The van der Waals surface area contributed by atoms with E-state index < -0.39 is 50.3 Å². The van der Waals surface area contributed by atoms with Crippen LogP contribution in [0.25, 0.3) is 5.52 Å². The maximum absolute atomic E-state index is 14.2. The fourth-order valence-corrected chi connectivity index (χ4v) is 6.91. The zero-order valence-electron chi connectivity index (χ0n) is 23.6. The molecule has 1 aromatic carbocycles. The van der Waals surface area contributed by atoms with Gasteiger partial charge in [0, 0.05) is 0 Å². The number of nitrogens with one attached hydrogen (secondary N) is 1. The van der Waals surface area contributed by atoms with E-state index in [-0.39, 0.29) is 24.1 Å². The Kier molecular flexibility index (Phi) is 9.31. The molecule has 5 N–H and O–H groups in total. The molecule has 1 saturated carbocycles. The third-order valence-corrected chi connectivity index (χ3v) is 9.25. The first kappa shape index (κ1) is 30.9. The number of hydrogen-bond acceptors (Lipinski definition) is 12. The Labute approximate surface area is 248 Å². The molecule has 3 aromatic rings.